The van der Waals surface area contributed by atoms with E-state index in [-0.39, 0.29) is 52.9 Å². The molecule has 2 amide bonds. The summed E-state index contributed by atoms with van der Waals surface area (Å²) in [4.78, 5) is 29.9. The van der Waals surface area contributed by atoms with Crippen LogP contribution in [0.15, 0.2) is 36.5 Å². The number of fused-ring (bicyclic) bond motifs is 3. The molecule has 39 heavy (non-hydrogen) atoms. The first-order chi connectivity index (χ1) is 18.6. The topological polar surface area (TPSA) is 97.8 Å². The first-order valence-electron chi connectivity index (χ1n) is 12.0. The Morgan fingerprint density at radius 2 is 1.74 bits per heavy atom. The maximum absolute atomic E-state index is 15.5. The minimum atomic E-state index is -1.12. The summed E-state index contributed by atoms with van der Waals surface area (Å²) in [6, 6.07) is 4.16. The number of hydrogen-bond donors (Lipinski definition) is 3. The molecule has 0 saturated heterocycles. The van der Waals surface area contributed by atoms with Gasteiger partial charge in [0.2, 0.25) is 0 Å². The largest absolute Gasteiger partial charge is 0.481 e. The number of carboxylic acid groups (broad SMARTS) is 1. The van der Waals surface area contributed by atoms with Crippen LogP contribution in [-0.4, -0.2) is 48.3 Å². The number of benzene rings is 2. The molecule has 0 saturated carbocycles. The first-order valence-corrected chi connectivity index (χ1v) is 12.4. The highest BCUT2D eigenvalue weighted by Crippen LogP contribution is 2.47. The van der Waals surface area contributed by atoms with Gasteiger partial charge in [0.05, 0.1) is 11.9 Å². The molecule has 1 aliphatic heterocycles. The monoisotopic (exact) mass is 565 g/mol. The number of carbonyl (C=O) groups excluding carboxylic acids is 1. The lowest BCUT2D eigenvalue weighted by molar-refractivity contribution is -0.137. The highest BCUT2D eigenvalue weighted by atomic mass is 35.5. The van der Waals surface area contributed by atoms with Crippen molar-refractivity contribution < 1.29 is 32.3 Å². The molecule has 0 spiro atoms. The Bertz CT molecular complexity index is 1400. The molecule has 2 aromatic carbocycles. The number of hydrogen-bond acceptors (Lipinski definition) is 5. The Balaban J connectivity index is 1.70. The fourth-order valence-corrected chi connectivity index (χ4v) is 4.51. The minimum Gasteiger partial charge on any atom is -0.481 e. The van der Waals surface area contributed by atoms with Crippen LogP contribution in [0.4, 0.5) is 45.2 Å². The van der Waals surface area contributed by atoms with Crippen LogP contribution in [0.2, 0.25) is 5.02 Å². The van der Waals surface area contributed by atoms with E-state index in [4.69, 9.17) is 16.7 Å². The zero-order chi connectivity index (χ0) is 28.3. The summed E-state index contributed by atoms with van der Waals surface area (Å²) in [7, 11) is 0. The number of nitrogens with one attached hydrogen (secondary N) is 2. The van der Waals surface area contributed by atoms with E-state index in [2.05, 4.69) is 15.6 Å². The van der Waals surface area contributed by atoms with Crippen LogP contribution in [0.5, 0.6) is 0 Å². The van der Waals surface area contributed by atoms with Crippen molar-refractivity contribution in [3.05, 3.63) is 64.8 Å². The van der Waals surface area contributed by atoms with Crippen LogP contribution in [0.3, 0.4) is 0 Å². The van der Waals surface area contributed by atoms with E-state index in [1.807, 2.05) is 0 Å². The van der Waals surface area contributed by atoms with Crippen molar-refractivity contribution in [2.75, 3.05) is 41.3 Å². The van der Waals surface area contributed by atoms with E-state index in [1.54, 1.807) is 6.92 Å². The lowest BCUT2D eigenvalue weighted by Crippen LogP contribution is -2.41. The Labute approximate surface area is 226 Å². The molecule has 0 atom stereocenters. The summed E-state index contributed by atoms with van der Waals surface area (Å²) < 4.78 is 60.5. The fourth-order valence-electron chi connectivity index (χ4n) is 4.32. The van der Waals surface area contributed by atoms with Gasteiger partial charge >= 0.3 is 12.0 Å². The highest BCUT2D eigenvalue weighted by molar-refractivity contribution is 6.31. The fraction of sp³-hybridized carbons (Fsp3) is 0.269. The van der Waals surface area contributed by atoms with Crippen molar-refractivity contribution in [1.82, 2.24) is 10.3 Å². The zero-order valence-electron chi connectivity index (χ0n) is 20.7. The molecule has 1 aromatic heterocycles. The second kappa shape index (κ2) is 11.9. The second-order valence-electron chi connectivity index (χ2n) is 8.63. The predicted octanol–water partition coefficient (Wildman–Crippen LogP) is 5.92. The van der Waals surface area contributed by atoms with E-state index in [0.29, 0.717) is 24.4 Å². The molecule has 2 heterocycles. The first kappa shape index (κ1) is 28.1. The number of aromatic nitrogens is 1. The summed E-state index contributed by atoms with van der Waals surface area (Å²) in [6.07, 6.45) is 1.32. The lowest BCUT2D eigenvalue weighted by Gasteiger charge is -2.28. The summed E-state index contributed by atoms with van der Waals surface area (Å²) in [6.45, 7) is 2.69. The third-order valence-corrected chi connectivity index (χ3v) is 6.21. The molecule has 3 N–H and O–H groups in total. The third-order valence-electron chi connectivity index (χ3n) is 5.99. The standard InChI is InChI=1S/C26H24ClF4N5O3/c1-2-35-25-17(10-15(28)13-34-25)23-18(29)8-14(27)9-21(23)36(26(35)39)24-19(30)11-16(12-20(24)31)33-7-6-32-5-3-4-22(37)38/h8-13,32-33H,2-7H2,1H3,(H,37,38). The zero-order valence-corrected chi connectivity index (χ0v) is 21.5. The van der Waals surface area contributed by atoms with Gasteiger partial charge in [0.1, 0.15) is 23.1 Å². The molecule has 1 aliphatic rings. The smallest absolute Gasteiger partial charge is 0.334 e. The van der Waals surface area contributed by atoms with Crippen molar-refractivity contribution in [2.45, 2.75) is 19.8 Å². The van der Waals surface area contributed by atoms with Crippen LogP contribution in [0.1, 0.15) is 19.8 Å². The van der Waals surface area contributed by atoms with Gasteiger partial charge in [-0.3, -0.25) is 14.6 Å². The third kappa shape index (κ3) is 5.91. The minimum absolute atomic E-state index is 0.0212. The van der Waals surface area contributed by atoms with Crippen LogP contribution in [0.25, 0.3) is 11.1 Å². The van der Waals surface area contributed by atoms with Gasteiger partial charge < -0.3 is 15.7 Å². The number of carboxylic acids is 1. The molecule has 8 nitrogen and oxygen atoms in total. The average molecular weight is 566 g/mol. The number of urea groups is 1. The van der Waals surface area contributed by atoms with Gasteiger partial charge in [-0.1, -0.05) is 11.6 Å². The van der Waals surface area contributed by atoms with Gasteiger partial charge in [-0.15, -0.1) is 0 Å². The Morgan fingerprint density at radius 1 is 1.03 bits per heavy atom. The molecule has 0 fully saturated rings. The maximum Gasteiger partial charge on any atom is 0.334 e. The van der Waals surface area contributed by atoms with E-state index in [1.165, 1.54) is 6.07 Å². The van der Waals surface area contributed by atoms with Crippen LogP contribution in [-0.2, 0) is 4.79 Å². The van der Waals surface area contributed by atoms with Crippen molar-refractivity contribution in [2.24, 2.45) is 0 Å². The molecule has 0 unspecified atom stereocenters. The van der Waals surface area contributed by atoms with Crippen molar-refractivity contribution in [3.63, 3.8) is 0 Å². The quantitative estimate of drug-likeness (QED) is 0.208. The average Bonchev–Trinajstić information content (AvgIpc) is 2.95. The molecule has 0 aliphatic carbocycles. The number of pyridine rings is 1. The number of carbonyl (C=O) groups is 2. The number of rotatable bonds is 10. The summed E-state index contributed by atoms with van der Waals surface area (Å²) in [5.74, 6) is -4.94. The van der Waals surface area contributed by atoms with Gasteiger partial charge in [-0.05, 0) is 50.2 Å². The normalized spacial score (nSPS) is 12.7. The number of nitrogens with zero attached hydrogens (tertiary/aromatic N) is 3. The molecule has 4 rings (SSSR count). The lowest BCUT2D eigenvalue weighted by atomic mass is 10.0. The van der Waals surface area contributed by atoms with Crippen molar-refractivity contribution >= 4 is 46.5 Å². The summed E-state index contributed by atoms with van der Waals surface area (Å²) in [5.41, 5.74) is -1.33. The highest BCUT2D eigenvalue weighted by Gasteiger charge is 2.37. The van der Waals surface area contributed by atoms with Gasteiger partial charge in [-0.25, -0.2) is 27.3 Å². The Morgan fingerprint density at radius 3 is 2.41 bits per heavy atom. The number of aliphatic carboxylic acids is 1. The molecular weight excluding hydrogens is 542 g/mol. The summed E-state index contributed by atoms with van der Waals surface area (Å²) >= 11 is 6.07. The van der Waals surface area contributed by atoms with Crippen LogP contribution < -0.4 is 20.4 Å². The SMILES string of the molecule is CCN1C(=O)N(c2c(F)cc(NCCNCCCC(=O)O)cc2F)c2cc(Cl)cc(F)c2-c2cc(F)cnc21. The summed E-state index contributed by atoms with van der Waals surface area (Å²) in [5, 5.41) is 14.4. The number of anilines is 4. The number of amides is 2. The molecule has 13 heteroatoms. The van der Waals surface area contributed by atoms with E-state index in [9.17, 15) is 14.0 Å². The van der Waals surface area contributed by atoms with Gasteiger partial charge in [0, 0.05) is 47.9 Å². The van der Waals surface area contributed by atoms with Gasteiger partial charge in [0.15, 0.2) is 11.6 Å². The Kier molecular flexibility index (Phi) is 8.56. The van der Waals surface area contributed by atoms with E-state index in [0.717, 1.165) is 35.4 Å². The van der Waals surface area contributed by atoms with Gasteiger partial charge in [-0.2, -0.15) is 0 Å². The van der Waals surface area contributed by atoms with Gasteiger partial charge in [0.25, 0.3) is 0 Å². The maximum atomic E-state index is 15.5. The second-order valence-corrected chi connectivity index (χ2v) is 9.07. The molecule has 0 bridgehead atoms. The molecule has 206 valence electrons. The van der Waals surface area contributed by atoms with Crippen molar-refractivity contribution in [1.29, 1.82) is 0 Å². The van der Waals surface area contributed by atoms with Crippen molar-refractivity contribution in [3.8, 4) is 11.1 Å². The van der Waals surface area contributed by atoms with E-state index < -0.39 is 41.0 Å². The number of halogens is 5. The van der Waals surface area contributed by atoms with Crippen LogP contribution >= 0.6 is 11.6 Å². The van der Waals surface area contributed by atoms with E-state index >= 15 is 13.2 Å². The van der Waals surface area contributed by atoms with Crippen LogP contribution in [0, 0.1) is 23.3 Å². The Hall–Kier alpha value is -3.90. The molecule has 3 aromatic rings. The molecule has 0 radical (unpaired) electrons. The molecular formula is C26H24ClF4N5O3. The predicted molar refractivity (Wildman–Crippen MR) is 140 cm³/mol.